The fraction of sp³-hybridized carbons (Fsp3) is 0.524. The topological polar surface area (TPSA) is 41.1 Å². The van der Waals surface area contributed by atoms with Gasteiger partial charge in [0.1, 0.15) is 17.5 Å². The van der Waals surface area contributed by atoms with Crippen molar-refractivity contribution in [3.05, 3.63) is 40.2 Å². The van der Waals surface area contributed by atoms with E-state index in [1.807, 2.05) is 6.92 Å². The van der Waals surface area contributed by atoms with Gasteiger partial charge < -0.3 is 10.2 Å². The molecule has 0 bridgehead atoms. The number of nitrogens with zero attached hydrogens (tertiary/aromatic N) is 3. The van der Waals surface area contributed by atoms with Crippen LogP contribution in [0.15, 0.2) is 12.1 Å². The highest BCUT2D eigenvalue weighted by Gasteiger charge is 2.19. The molecule has 0 saturated heterocycles. The van der Waals surface area contributed by atoms with Gasteiger partial charge in [0.05, 0.1) is 0 Å². The molecular weight excluding hydrogens is 308 g/mol. The van der Waals surface area contributed by atoms with Crippen molar-refractivity contribution in [3.8, 4) is 0 Å². The zero-order chi connectivity index (χ0) is 18.6. The molecule has 136 valence electrons. The SMILES string of the molecule is CCCCNc1nc(C)nc(N(CC)c2c(C)cc(C)cc2C)c1C. The summed E-state index contributed by atoms with van der Waals surface area (Å²) >= 11 is 0. The van der Waals surface area contributed by atoms with Gasteiger partial charge in [0.15, 0.2) is 0 Å². The fourth-order valence-corrected chi connectivity index (χ4v) is 3.44. The van der Waals surface area contributed by atoms with E-state index in [4.69, 9.17) is 4.98 Å². The highest BCUT2D eigenvalue weighted by Crippen LogP contribution is 2.34. The van der Waals surface area contributed by atoms with Crippen molar-refractivity contribution >= 4 is 17.3 Å². The summed E-state index contributed by atoms with van der Waals surface area (Å²) in [7, 11) is 0. The van der Waals surface area contributed by atoms with E-state index in [0.717, 1.165) is 42.5 Å². The quantitative estimate of drug-likeness (QED) is 0.686. The van der Waals surface area contributed by atoms with E-state index < -0.39 is 0 Å². The molecule has 1 aromatic carbocycles. The Labute approximate surface area is 152 Å². The summed E-state index contributed by atoms with van der Waals surface area (Å²) in [6.45, 7) is 16.8. The minimum Gasteiger partial charge on any atom is -0.370 e. The smallest absolute Gasteiger partial charge is 0.141 e. The summed E-state index contributed by atoms with van der Waals surface area (Å²) in [5.41, 5.74) is 6.25. The largest absolute Gasteiger partial charge is 0.370 e. The number of hydrogen-bond acceptors (Lipinski definition) is 4. The molecule has 2 aromatic rings. The first-order valence-corrected chi connectivity index (χ1v) is 9.33. The average molecular weight is 341 g/mol. The number of rotatable bonds is 7. The second-order valence-electron chi connectivity index (χ2n) is 6.84. The van der Waals surface area contributed by atoms with Crippen molar-refractivity contribution in [1.29, 1.82) is 0 Å². The maximum Gasteiger partial charge on any atom is 0.141 e. The lowest BCUT2D eigenvalue weighted by atomic mass is 10.0. The van der Waals surface area contributed by atoms with Crippen molar-refractivity contribution < 1.29 is 0 Å². The lowest BCUT2D eigenvalue weighted by Gasteiger charge is -2.28. The van der Waals surface area contributed by atoms with Gasteiger partial charge in [-0.15, -0.1) is 0 Å². The van der Waals surface area contributed by atoms with Gasteiger partial charge in [0, 0.05) is 24.3 Å². The second kappa shape index (κ2) is 8.32. The van der Waals surface area contributed by atoms with Crippen LogP contribution in [0.25, 0.3) is 0 Å². The lowest BCUT2D eigenvalue weighted by molar-refractivity contribution is 0.826. The van der Waals surface area contributed by atoms with Crippen LogP contribution >= 0.6 is 0 Å². The highest BCUT2D eigenvalue weighted by molar-refractivity contribution is 5.72. The van der Waals surface area contributed by atoms with Gasteiger partial charge in [0.25, 0.3) is 0 Å². The third kappa shape index (κ3) is 4.30. The Hall–Kier alpha value is -2.10. The number of anilines is 3. The summed E-state index contributed by atoms with van der Waals surface area (Å²) < 4.78 is 0. The summed E-state index contributed by atoms with van der Waals surface area (Å²) in [5, 5.41) is 3.49. The van der Waals surface area contributed by atoms with Crippen LogP contribution in [0, 0.1) is 34.6 Å². The van der Waals surface area contributed by atoms with Gasteiger partial charge in [-0.1, -0.05) is 31.0 Å². The number of unbranched alkanes of at least 4 members (excludes halogenated alkanes) is 1. The van der Waals surface area contributed by atoms with E-state index >= 15 is 0 Å². The molecule has 1 heterocycles. The first-order valence-electron chi connectivity index (χ1n) is 9.33. The lowest BCUT2D eigenvalue weighted by Crippen LogP contribution is -2.22. The molecule has 0 aliphatic heterocycles. The third-order valence-electron chi connectivity index (χ3n) is 4.53. The minimum atomic E-state index is 0.806. The molecule has 2 rings (SSSR count). The summed E-state index contributed by atoms with van der Waals surface area (Å²) in [6.07, 6.45) is 2.32. The number of hydrogen-bond donors (Lipinski definition) is 1. The zero-order valence-corrected chi connectivity index (χ0v) is 16.8. The predicted molar refractivity (Wildman–Crippen MR) is 108 cm³/mol. The number of benzene rings is 1. The number of aromatic nitrogens is 2. The Morgan fingerprint density at radius 1 is 0.960 bits per heavy atom. The Morgan fingerprint density at radius 2 is 1.60 bits per heavy atom. The first kappa shape index (κ1) is 19.2. The molecule has 1 aromatic heterocycles. The predicted octanol–water partition coefficient (Wildman–Crippen LogP) is 5.39. The van der Waals surface area contributed by atoms with Crippen molar-refractivity contribution in [2.45, 2.75) is 61.3 Å². The number of aryl methyl sites for hydroxylation is 4. The normalized spacial score (nSPS) is 10.8. The third-order valence-corrected chi connectivity index (χ3v) is 4.53. The molecule has 0 unspecified atom stereocenters. The molecule has 0 fully saturated rings. The molecule has 0 atom stereocenters. The fourth-order valence-electron chi connectivity index (χ4n) is 3.44. The summed E-state index contributed by atoms with van der Waals surface area (Å²) in [5.74, 6) is 2.77. The Bertz CT molecular complexity index is 714. The van der Waals surface area contributed by atoms with Crippen LogP contribution in [0.2, 0.25) is 0 Å². The van der Waals surface area contributed by atoms with E-state index in [1.54, 1.807) is 0 Å². The monoisotopic (exact) mass is 340 g/mol. The second-order valence-corrected chi connectivity index (χ2v) is 6.84. The molecule has 0 saturated carbocycles. The van der Waals surface area contributed by atoms with Crippen LogP contribution in [-0.2, 0) is 0 Å². The van der Waals surface area contributed by atoms with E-state index in [1.165, 1.54) is 28.8 Å². The van der Waals surface area contributed by atoms with E-state index in [2.05, 4.69) is 68.9 Å². The Kier molecular flexibility index (Phi) is 6.40. The standard InChI is InChI=1S/C21H32N4/c1-8-10-11-22-20-17(6)21(24-18(7)23-20)25(9-2)19-15(4)12-14(3)13-16(19)5/h12-13H,8-11H2,1-7H3,(H,22,23,24). The van der Waals surface area contributed by atoms with Gasteiger partial charge >= 0.3 is 0 Å². The molecule has 0 radical (unpaired) electrons. The van der Waals surface area contributed by atoms with Crippen molar-refractivity contribution in [2.75, 3.05) is 23.3 Å². The Morgan fingerprint density at radius 3 is 2.16 bits per heavy atom. The summed E-state index contributed by atoms with van der Waals surface area (Å²) in [6, 6.07) is 4.49. The Balaban J connectivity index is 2.51. The molecule has 0 aliphatic carbocycles. The minimum absolute atomic E-state index is 0.806. The van der Waals surface area contributed by atoms with Crippen LogP contribution in [0.5, 0.6) is 0 Å². The number of nitrogens with one attached hydrogen (secondary N) is 1. The van der Waals surface area contributed by atoms with Gasteiger partial charge in [-0.2, -0.15) is 0 Å². The van der Waals surface area contributed by atoms with Gasteiger partial charge in [-0.3, -0.25) is 0 Å². The van der Waals surface area contributed by atoms with Crippen molar-refractivity contribution in [2.24, 2.45) is 0 Å². The average Bonchev–Trinajstić information content (AvgIpc) is 2.54. The van der Waals surface area contributed by atoms with Gasteiger partial charge in [-0.05, 0) is 59.1 Å². The zero-order valence-electron chi connectivity index (χ0n) is 16.8. The van der Waals surface area contributed by atoms with Crippen LogP contribution < -0.4 is 10.2 Å². The summed E-state index contributed by atoms with van der Waals surface area (Å²) in [4.78, 5) is 11.7. The molecule has 0 aliphatic rings. The molecular formula is C21H32N4. The van der Waals surface area contributed by atoms with E-state index in [-0.39, 0.29) is 0 Å². The molecule has 4 nitrogen and oxygen atoms in total. The van der Waals surface area contributed by atoms with Crippen molar-refractivity contribution in [1.82, 2.24) is 9.97 Å². The first-order chi connectivity index (χ1) is 11.9. The van der Waals surface area contributed by atoms with Crippen LogP contribution in [0.4, 0.5) is 17.3 Å². The molecule has 0 amide bonds. The van der Waals surface area contributed by atoms with Gasteiger partial charge in [0.2, 0.25) is 0 Å². The maximum absolute atomic E-state index is 4.79. The van der Waals surface area contributed by atoms with Crippen LogP contribution in [-0.4, -0.2) is 23.1 Å². The molecule has 25 heavy (non-hydrogen) atoms. The van der Waals surface area contributed by atoms with E-state index in [9.17, 15) is 0 Å². The van der Waals surface area contributed by atoms with Crippen molar-refractivity contribution in [3.63, 3.8) is 0 Å². The van der Waals surface area contributed by atoms with E-state index in [0.29, 0.717) is 0 Å². The molecule has 1 N–H and O–H groups in total. The highest BCUT2D eigenvalue weighted by atomic mass is 15.2. The molecule has 0 spiro atoms. The maximum atomic E-state index is 4.79. The molecule has 4 heteroatoms. The van der Waals surface area contributed by atoms with Crippen LogP contribution in [0.3, 0.4) is 0 Å². The van der Waals surface area contributed by atoms with Gasteiger partial charge in [-0.25, -0.2) is 9.97 Å². The van der Waals surface area contributed by atoms with Crippen LogP contribution in [0.1, 0.15) is 54.8 Å².